The molecule has 0 bridgehead atoms. The van der Waals surface area contributed by atoms with Crippen molar-refractivity contribution < 1.29 is 19.1 Å². The van der Waals surface area contributed by atoms with Gasteiger partial charge in [0.15, 0.2) is 11.7 Å². The van der Waals surface area contributed by atoms with E-state index in [1.807, 2.05) is 13.8 Å². The largest absolute Gasteiger partial charge is 0.484 e. The molecule has 0 fully saturated rings. The van der Waals surface area contributed by atoms with Gasteiger partial charge in [0, 0.05) is 5.70 Å². The third kappa shape index (κ3) is 5.19. The smallest absolute Gasteiger partial charge is 0.338 e. The molecule has 1 heterocycles. The van der Waals surface area contributed by atoms with Gasteiger partial charge in [0.1, 0.15) is 5.75 Å². The highest BCUT2D eigenvalue weighted by Gasteiger charge is 2.31. The summed E-state index contributed by atoms with van der Waals surface area (Å²) in [6, 6.07) is 6.57. The minimum absolute atomic E-state index is 0.194. The van der Waals surface area contributed by atoms with Crippen LogP contribution in [0.1, 0.15) is 32.4 Å². The Labute approximate surface area is 157 Å². The first kappa shape index (κ1) is 19.7. The van der Waals surface area contributed by atoms with Crippen LogP contribution >= 0.6 is 12.2 Å². The van der Waals surface area contributed by atoms with Crippen molar-refractivity contribution in [2.24, 2.45) is 11.7 Å². The lowest BCUT2D eigenvalue weighted by atomic mass is 9.95. The Morgan fingerprint density at radius 2 is 1.92 bits per heavy atom. The number of amides is 1. The van der Waals surface area contributed by atoms with Gasteiger partial charge in [0.05, 0.1) is 18.2 Å². The van der Waals surface area contributed by atoms with Crippen LogP contribution in [0.15, 0.2) is 35.5 Å². The van der Waals surface area contributed by atoms with Crippen molar-refractivity contribution in [2.45, 2.75) is 26.8 Å². The zero-order chi connectivity index (χ0) is 19.3. The molecule has 1 atom stereocenters. The van der Waals surface area contributed by atoms with Crippen molar-refractivity contribution in [1.29, 1.82) is 0 Å². The fourth-order valence-electron chi connectivity index (χ4n) is 2.45. The van der Waals surface area contributed by atoms with E-state index in [1.54, 1.807) is 31.2 Å². The third-order valence-corrected chi connectivity index (χ3v) is 3.85. The monoisotopic (exact) mass is 377 g/mol. The van der Waals surface area contributed by atoms with Crippen LogP contribution in [0.3, 0.4) is 0 Å². The maximum absolute atomic E-state index is 12.6. The molecule has 0 saturated carbocycles. The SMILES string of the molecule is CC1=C(C(=O)OCC(C)C)[C@@H](c2ccc(OCC(N)=O)cc2)NC(=S)N1. The minimum Gasteiger partial charge on any atom is -0.484 e. The Kier molecular flexibility index (Phi) is 6.57. The summed E-state index contributed by atoms with van der Waals surface area (Å²) in [6.45, 7) is 5.89. The molecule has 1 aliphatic rings. The first-order chi connectivity index (χ1) is 12.3. The highest BCUT2D eigenvalue weighted by atomic mass is 32.1. The zero-order valence-electron chi connectivity index (χ0n) is 15.0. The summed E-state index contributed by atoms with van der Waals surface area (Å²) < 4.78 is 10.6. The number of carbonyl (C=O) groups is 2. The Morgan fingerprint density at radius 1 is 1.27 bits per heavy atom. The van der Waals surface area contributed by atoms with E-state index in [1.165, 1.54) is 0 Å². The molecule has 1 amide bonds. The molecule has 0 spiro atoms. The van der Waals surface area contributed by atoms with E-state index in [-0.39, 0.29) is 12.5 Å². The quantitative estimate of drug-likeness (QED) is 0.489. The second-order valence-electron chi connectivity index (χ2n) is 6.39. The van der Waals surface area contributed by atoms with Gasteiger partial charge in [0.25, 0.3) is 5.91 Å². The normalized spacial score (nSPS) is 16.8. The molecule has 4 N–H and O–H groups in total. The summed E-state index contributed by atoms with van der Waals surface area (Å²) in [5.74, 6) is -0.190. The molecule has 1 aromatic carbocycles. The van der Waals surface area contributed by atoms with E-state index in [0.29, 0.717) is 28.7 Å². The van der Waals surface area contributed by atoms with Crippen LogP contribution < -0.4 is 21.1 Å². The summed E-state index contributed by atoms with van der Waals surface area (Å²) in [5.41, 5.74) is 7.01. The summed E-state index contributed by atoms with van der Waals surface area (Å²) in [7, 11) is 0. The van der Waals surface area contributed by atoms with E-state index in [2.05, 4.69) is 10.6 Å². The molecule has 0 aromatic heterocycles. The summed E-state index contributed by atoms with van der Waals surface area (Å²) in [6.07, 6.45) is 0. The van der Waals surface area contributed by atoms with Crippen LogP contribution in [0.25, 0.3) is 0 Å². The number of rotatable bonds is 7. The van der Waals surface area contributed by atoms with Crippen molar-refractivity contribution in [3.8, 4) is 5.75 Å². The second kappa shape index (κ2) is 8.66. The topological polar surface area (TPSA) is 103 Å². The van der Waals surface area contributed by atoms with Gasteiger partial charge in [0.2, 0.25) is 0 Å². The average molecular weight is 377 g/mol. The predicted octanol–water partition coefficient (Wildman–Crippen LogP) is 1.54. The average Bonchev–Trinajstić information content (AvgIpc) is 2.57. The van der Waals surface area contributed by atoms with Crippen molar-refractivity contribution >= 4 is 29.2 Å². The highest BCUT2D eigenvalue weighted by molar-refractivity contribution is 7.80. The second-order valence-corrected chi connectivity index (χ2v) is 6.79. The van der Waals surface area contributed by atoms with Gasteiger partial charge in [-0.25, -0.2) is 4.79 Å². The van der Waals surface area contributed by atoms with Gasteiger partial charge in [-0.05, 0) is 42.8 Å². The van der Waals surface area contributed by atoms with E-state index in [4.69, 9.17) is 27.4 Å². The summed E-state index contributed by atoms with van der Waals surface area (Å²) in [4.78, 5) is 23.4. The summed E-state index contributed by atoms with van der Waals surface area (Å²) in [5, 5.41) is 6.50. The lowest BCUT2D eigenvalue weighted by molar-refractivity contribution is -0.140. The fourth-order valence-corrected chi connectivity index (χ4v) is 2.72. The number of thiocarbonyl (C=S) groups is 1. The van der Waals surface area contributed by atoms with Crippen molar-refractivity contribution in [1.82, 2.24) is 10.6 Å². The fraction of sp³-hybridized carbons (Fsp3) is 0.389. The highest BCUT2D eigenvalue weighted by Crippen LogP contribution is 2.29. The number of nitrogens with two attached hydrogens (primary N) is 1. The maximum atomic E-state index is 12.6. The Hall–Kier alpha value is -2.61. The van der Waals surface area contributed by atoms with Gasteiger partial charge < -0.3 is 25.8 Å². The van der Waals surface area contributed by atoms with Gasteiger partial charge in [-0.3, -0.25) is 4.79 Å². The van der Waals surface area contributed by atoms with Crippen LogP contribution in [0.2, 0.25) is 0 Å². The van der Waals surface area contributed by atoms with E-state index in [0.717, 1.165) is 5.56 Å². The molecule has 140 valence electrons. The Bertz CT molecular complexity index is 728. The van der Waals surface area contributed by atoms with Crippen LogP contribution in [-0.4, -0.2) is 30.2 Å². The molecule has 2 rings (SSSR count). The molecular formula is C18H23N3O4S. The van der Waals surface area contributed by atoms with Gasteiger partial charge in [-0.15, -0.1) is 0 Å². The molecule has 0 unspecified atom stereocenters. The number of esters is 1. The van der Waals surface area contributed by atoms with E-state index >= 15 is 0 Å². The number of hydrogen-bond donors (Lipinski definition) is 3. The maximum Gasteiger partial charge on any atom is 0.338 e. The van der Waals surface area contributed by atoms with E-state index < -0.39 is 17.9 Å². The van der Waals surface area contributed by atoms with Crippen molar-refractivity contribution in [2.75, 3.05) is 13.2 Å². The Balaban J connectivity index is 2.23. The number of benzene rings is 1. The number of carbonyl (C=O) groups excluding carboxylic acids is 2. The van der Waals surface area contributed by atoms with Crippen LogP contribution in [0.4, 0.5) is 0 Å². The van der Waals surface area contributed by atoms with Crippen molar-refractivity contribution in [3.63, 3.8) is 0 Å². The lowest BCUT2D eigenvalue weighted by Gasteiger charge is -2.30. The summed E-state index contributed by atoms with van der Waals surface area (Å²) >= 11 is 5.22. The van der Waals surface area contributed by atoms with Crippen LogP contribution in [-0.2, 0) is 14.3 Å². The number of nitrogens with one attached hydrogen (secondary N) is 2. The van der Waals surface area contributed by atoms with E-state index in [9.17, 15) is 9.59 Å². The molecule has 0 radical (unpaired) electrons. The minimum atomic E-state index is -0.548. The molecule has 8 heteroatoms. The molecular weight excluding hydrogens is 354 g/mol. The third-order valence-electron chi connectivity index (χ3n) is 3.63. The molecule has 0 saturated heterocycles. The van der Waals surface area contributed by atoms with Gasteiger partial charge >= 0.3 is 5.97 Å². The van der Waals surface area contributed by atoms with Crippen LogP contribution in [0.5, 0.6) is 5.75 Å². The first-order valence-electron chi connectivity index (χ1n) is 8.24. The molecule has 26 heavy (non-hydrogen) atoms. The molecule has 0 aliphatic carbocycles. The first-order valence-corrected chi connectivity index (χ1v) is 8.65. The van der Waals surface area contributed by atoms with Crippen molar-refractivity contribution in [3.05, 3.63) is 41.1 Å². The van der Waals surface area contributed by atoms with Crippen LogP contribution in [0, 0.1) is 5.92 Å². The number of ether oxygens (including phenoxy) is 2. The number of primary amides is 1. The Morgan fingerprint density at radius 3 is 2.50 bits per heavy atom. The predicted molar refractivity (Wildman–Crippen MR) is 101 cm³/mol. The zero-order valence-corrected chi connectivity index (χ0v) is 15.8. The number of allylic oxidation sites excluding steroid dienone is 1. The lowest BCUT2D eigenvalue weighted by Crippen LogP contribution is -2.45. The van der Waals surface area contributed by atoms with Gasteiger partial charge in [-0.1, -0.05) is 26.0 Å². The molecule has 1 aromatic rings. The molecule has 1 aliphatic heterocycles. The number of hydrogen-bond acceptors (Lipinski definition) is 5. The molecule has 7 nitrogen and oxygen atoms in total. The standard InChI is InChI=1S/C18H23N3O4S/c1-10(2)8-25-17(23)15-11(3)20-18(26)21-16(15)12-4-6-13(7-5-12)24-9-14(19)22/h4-7,10,16H,8-9H2,1-3H3,(H2,19,22)(H2,20,21,26)/t16-/m1/s1. The van der Waals surface area contributed by atoms with Gasteiger partial charge in [-0.2, -0.15) is 0 Å².